The van der Waals surface area contributed by atoms with Gasteiger partial charge in [0.1, 0.15) is 17.1 Å². The van der Waals surface area contributed by atoms with Gasteiger partial charge >= 0.3 is 5.63 Å². The summed E-state index contributed by atoms with van der Waals surface area (Å²) >= 11 is 5.14. The van der Waals surface area contributed by atoms with Crippen LogP contribution in [0.15, 0.2) is 38.5 Å². The number of aryl methyl sites for hydroxylation is 3. The Hall–Kier alpha value is -2.47. The van der Waals surface area contributed by atoms with Gasteiger partial charge in [0.15, 0.2) is 5.11 Å². The van der Waals surface area contributed by atoms with Gasteiger partial charge in [0, 0.05) is 18.0 Å². The summed E-state index contributed by atoms with van der Waals surface area (Å²) in [6, 6.07) is 7.23. The number of thiocarbonyl (C=S) groups is 1. The summed E-state index contributed by atoms with van der Waals surface area (Å²) in [6.07, 6.45) is 1.20. The zero-order valence-electron chi connectivity index (χ0n) is 12.5. The largest absolute Gasteiger partial charge is 0.507 e. The van der Waals surface area contributed by atoms with Crippen molar-refractivity contribution >= 4 is 29.2 Å². The number of hydrogen-bond acceptors (Lipinski definition) is 4. The van der Waals surface area contributed by atoms with Crippen molar-refractivity contribution in [3.8, 4) is 5.75 Å². The molecule has 0 aliphatic heterocycles. The lowest BCUT2D eigenvalue weighted by molar-refractivity contribution is 0.433. The number of benzene rings is 1. The van der Waals surface area contributed by atoms with Crippen molar-refractivity contribution in [2.24, 2.45) is 4.99 Å². The fraction of sp³-hybridized carbons (Fsp3) is 0.188. The molecule has 0 saturated heterocycles. The highest BCUT2D eigenvalue weighted by Gasteiger charge is 2.08. The molecular formula is C16H16N2O3S. The van der Waals surface area contributed by atoms with Crippen molar-refractivity contribution < 1.29 is 9.52 Å². The van der Waals surface area contributed by atoms with Crippen molar-refractivity contribution in [2.75, 3.05) is 5.32 Å². The first-order valence-electron chi connectivity index (χ1n) is 6.63. The van der Waals surface area contributed by atoms with E-state index in [0.717, 1.165) is 16.8 Å². The van der Waals surface area contributed by atoms with E-state index in [1.807, 2.05) is 32.0 Å². The second kappa shape index (κ2) is 6.53. The Morgan fingerprint density at radius 2 is 1.95 bits per heavy atom. The molecule has 0 unspecified atom stereocenters. The highest BCUT2D eigenvalue weighted by molar-refractivity contribution is 7.80. The molecule has 2 N–H and O–H groups in total. The van der Waals surface area contributed by atoms with Crippen LogP contribution in [0.1, 0.15) is 22.5 Å². The molecule has 1 aromatic carbocycles. The number of aliphatic imine (C=N–C) groups is 1. The van der Waals surface area contributed by atoms with Crippen LogP contribution in [0.4, 0.5) is 5.69 Å². The minimum Gasteiger partial charge on any atom is -0.507 e. The quantitative estimate of drug-likeness (QED) is 0.658. The first-order valence-corrected chi connectivity index (χ1v) is 7.04. The fourth-order valence-corrected chi connectivity index (χ4v) is 2.15. The summed E-state index contributed by atoms with van der Waals surface area (Å²) in [5.74, 6) is 0.142. The topological polar surface area (TPSA) is 74.8 Å². The highest BCUT2D eigenvalue weighted by atomic mass is 32.1. The van der Waals surface area contributed by atoms with E-state index in [-0.39, 0.29) is 16.4 Å². The maximum atomic E-state index is 11.7. The summed E-state index contributed by atoms with van der Waals surface area (Å²) in [5.41, 5.74) is 2.27. The van der Waals surface area contributed by atoms with Crippen molar-refractivity contribution in [3.05, 3.63) is 57.1 Å². The number of aromatic hydroxyl groups is 1. The molecule has 0 radical (unpaired) electrons. The molecule has 0 spiro atoms. The molecule has 2 rings (SSSR count). The van der Waals surface area contributed by atoms with Gasteiger partial charge in [0.25, 0.3) is 0 Å². The Morgan fingerprint density at radius 1 is 1.32 bits per heavy atom. The van der Waals surface area contributed by atoms with Crippen LogP contribution in [0, 0.1) is 20.8 Å². The van der Waals surface area contributed by atoms with Crippen LogP contribution in [0.5, 0.6) is 5.75 Å². The summed E-state index contributed by atoms with van der Waals surface area (Å²) in [4.78, 5) is 15.7. The van der Waals surface area contributed by atoms with Gasteiger partial charge in [0.05, 0.1) is 0 Å². The number of para-hydroxylation sites is 1. The predicted octanol–water partition coefficient (Wildman–Crippen LogP) is 3.09. The lowest BCUT2D eigenvalue weighted by atomic mass is 10.1. The zero-order chi connectivity index (χ0) is 16.3. The van der Waals surface area contributed by atoms with E-state index in [1.165, 1.54) is 12.3 Å². The van der Waals surface area contributed by atoms with E-state index in [4.69, 9.17) is 16.6 Å². The van der Waals surface area contributed by atoms with Crippen LogP contribution in [0.25, 0.3) is 0 Å². The maximum absolute atomic E-state index is 11.7. The molecule has 5 nitrogen and oxygen atoms in total. The van der Waals surface area contributed by atoms with Crippen LogP contribution >= 0.6 is 12.2 Å². The van der Waals surface area contributed by atoms with E-state index in [1.54, 1.807) is 6.92 Å². The van der Waals surface area contributed by atoms with Gasteiger partial charge in [-0.3, -0.25) is 0 Å². The minimum atomic E-state index is -0.656. The molecule has 1 aromatic heterocycles. The average Bonchev–Trinajstić information content (AvgIpc) is 2.42. The third-order valence-corrected chi connectivity index (χ3v) is 3.32. The molecule has 0 aliphatic carbocycles. The second-order valence-electron chi connectivity index (χ2n) is 4.90. The second-order valence-corrected chi connectivity index (χ2v) is 5.29. The maximum Gasteiger partial charge on any atom is 0.348 e. The standard InChI is InChI=1S/C16H16N2O3S/c1-9-5-4-6-10(2)14(9)18-16(22)17-8-12-13(19)7-11(3)21-15(12)20/h4-8,19H,1-3H3,(H,18,22). The van der Waals surface area contributed by atoms with Crippen LogP contribution in [-0.2, 0) is 0 Å². The smallest absolute Gasteiger partial charge is 0.348 e. The molecule has 0 amide bonds. The van der Waals surface area contributed by atoms with Crippen molar-refractivity contribution in [3.63, 3.8) is 0 Å². The number of nitrogens with zero attached hydrogens (tertiary/aromatic N) is 1. The molecule has 0 atom stereocenters. The third kappa shape index (κ3) is 3.59. The predicted molar refractivity (Wildman–Crippen MR) is 91.1 cm³/mol. The van der Waals surface area contributed by atoms with Crippen LogP contribution in [-0.4, -0.2) is 16.4 Å². The Kier molecular flexibility index (Phi) is 4.72. The van der Waals surface area contributed by atoms with Crippen LogP contribution in [0.3, 0.4) is 0 Å². The molecule has 0 aliphatic rings. The van der Waals surface area contributed by atoms with Gasteiger partial charge in [-0.2, -0.15) is 0 Å². The number of anilines is 1. The van der Waals surface area contributed by atoms with Crippen LogP contribution < -0.4 is 10.9 Å². The molecule has 0 saturated carbocycles. The van der Waals surface area contributed by atoms with Gasteiger partial charge in [-0.1, -0.05) is 18.2 Å². The lowest BCUT2D eigenvalue weighted by Crippen LogP contribution is -2.12. The van der Waals surface area contributed by atoms with E-state index in [9.17, 15) is 9.90 Å². The Bertz CT molecular complexity index is 789. The Labute approximate surface area is 133 Å². The monoisotopic (exact) mass is 316 g/mol. The normalized spacial score (nSPS) is 10.9. The van der Waals surface area contributed by atoms with Gasteiger partial charge in [-0.15, -0.1) is 0 Å². The molecule has 0 bridgehead atoms. The summed E-state index contributed by atoms with van der Waals surface area (Å²) < 4.78 is 4.91. The van der Waals surface area contributed by atoms with Gasteiger partial charge < -0.3 is 14.8 Å². The third-order valence-electron chi connectivity index (χ3n) is 3.11. The Morgan fingerprint density at radius 3 is 2.55 bits per heavy atom. The van der Waals surface area contributed by atoms with Crippen molar-refractivity contribution in [2.45, 2.75) is 20.8 Å². The first kappa shape index (κ1) is 15.9. The number of rotatable bonds is 2. The highest BCUT2D eigenvalue weighted by Crippen LogP contribution is 2.19. The molecule has 114 valence electrons. The zero-order valence-corrected chi connectivity index (χ0v) is 13.3. The Balaban J connectivity index is 2.21. The number of hydrogen-bond donors (Lipinski definition) is 2. The molecule has 0 fully saturated rings. The summed E-state index contributed by atoms with van der Waals surface area (Å²) in [7, 11) is 0. The average molecular weight is 316 g/mol. The van der Waals surface area contributed by atoms with Crippen molar-refractivity contribution in [1.29, 1.82) is 0 Å². The summed E-state index contributed by atoms with van der Waals surface area (Å²) in [5, 5.41) is 13.0. The van der Waals surface area contributed by atoms with Gasteiger partial charge in [-0.05, 0) is 44.1 Å². The molecule has 22 heavy (non-hydrogen) atoms. The van der Waals surface area contributed by atoms with Gasteiger partial charge in [0.2, 0.25) is 0 Å². The molecule has 1 heterocycles. The van der Waals surface area contributed by atoms with E-state index >= 15 is 0 Å². The molecular weight excluding hydrogens is 300 g/mol. The summed E-state index contributed by atoms with van der Waals surface area (Å²) in [6.45, 7) is 5.50. The molecule has 6 heteroatoms. The van der Waals surface area contributed by atoms with Gasteiger partial charge in [-0.25, -0.2) is 9.79 Å². The lowest BCUT2D eigenvalue weighted by Gasteiger charge is -2.10. The first-order chi connectivity index (χ1) is 10.4. The minimum absolute atomic E-state index is 0.0312. The van der Waals surface area contributed by atoms with Crippen molar-refractivity contribution in [1.82, 2.24) is 0 Å². The van der Waals surface area contributed by atoms with E-state index in [0.29, 0.717) is 5.76 Å². The fourth-order valence-electron chi connectivity index (χ4n) is 2.00. The SMILES string of the molecule is Cc1cc(O)c(C=NC(=S)Nc2c(C)cccc2C)c(=O)o1. The van der Waals surface area contributed by atoms with E-state index < -0.39 is 5.63 Å². The van der Waals surface area contributed by atoms with E-state index in [2.05, 4.69) is 10.3 Å². The van der Waals surface area contributed by atoms with Crippen LogP contribution in [0.2, 0.25) is 0 Å². The number of nitrogens with one attached hydrogen (secondary N) is 1. The molecule has 2 aromatic rings.